The predicted molar refractivity (Wildman–Crippen MR) is 64.4 cm³/mol. The zero-order valence-electron chi connectivity index (χ0n) is 9.60. The van der Waals surface area contributed by atoms with Crippen molar-refractivity contribution >= 4 is 5.91 Å². The number of phenolic OH excluding ortho intramolecular Hbond substituents is 1. The van der Waals surface area contributed by atoms with Gasteiger partial charge in [-0.1, -0.05) is 12.1 Å². The molecule has 1 aromatic rings. The molecule has 0 spiro atoms. The van der Waals surface area contributed by atoms with Crippen molar-refractivity contribution in [1.29, 1.82) is 0 Å². The van der Waals surface area contributed by atoms with Crippen LogP contribution in [0.2, 0.25) is 0 Å². The number of hydrogen-bond donors (Lipinski definition) is 3. The summed E-state index contributed by atoms with van der Waals surface area (Å²) in [6, 6.07) is 6.76. The minimum Gasteiger partial charge on any atom is -0.508 e. The molecule has 1 aliphatic rings. The number of aromatic hydroxyl groups is 1. The molecule has 0 aromatic heterocycles. The number of hydrogen-bond acceptors (Lipinski definition) is 4. The Labute approximate surface area is 100 Å². The fourth-order valence-electron chi connectivity index (χ4n) is 2.05. The van der Waals surface area contributed by atoms with Crippen LogP contribution in [-0.2, 0) is 11.3 Å². The van der Waals surface area contributed by atoms with E-state index in [0.29, 0.717) is 13.1 Å². The van der Waals surface area contributed by atoms with Crippen LogP contribution in [0.25, 0.3) is 0 Å². The maximum Gasteiger partial charge on any atom is 0.236 e. The molecule has 5 nitrogen and oxygen atoms in total. The van der Waals surface area contributed by atoms with Gasteiger partial charge < -0.3 is 16.2 Å². The Morgan fingerprint density at radius 3 is 2.82 bits per heavy atom. The number of primary amides is 1. The van der Waals surface area contributed by atoms with Crippen LogP contribution in [0, 0.1) is 0 Å². The number of rotatable bonds is 3. The van der Waals surface area contributed by atoms with Crippen LogP contribution in [0.1, 0.15) is 5.56 Å². The maximum absolute atomic E-state index is 11.3. The second kappa shape index (κ2) is 5.16. The molecule has 1 aliphatic heterocycles. The summed E-state index contributed by atoms with van der Waals surface area (Å²) in [4.78, 5) is 13.4. The van der Waals surface area contributed by atoms with Gasteiger partial charge in [0.05, 0.1) is 0 Å². The number of benzene rings is 1. The van der Waals surface area contributed by atoms with Crippen molar-refractivity contribution < 1.29 is 9.90 Å². The van der Waals surface area contributed by atoms with Crippen molar-refractivity contribution in [3.63, 3.8) is 0 Å². The van der Waals surface area contributed by atoms with Crippen LogP contribution >= 0.6 is 0 Å². The molecule has 1 aromatic carbocycles. The highest BCUT2D eigenvalue weighted by molar-refractivity contribution is 5.80. The van der Waals surface area contributed by atoms with Crippen molar-refractivity contribution in [2.45, 2.75) is 12.6 Å². The molecule has 0 saturated carbocycles. The molecule has 1 amide bonds. The van der Waals surface area contributed by atoms with E-state index in [-0.39, 0.29) is 17.7 Å². The van der Waals surface area contributed by atoms with Gasteiger partial charge in [0.2, 0.25) is 5.91 Å². The van der Waals surface area contributed by atoms with E-state index in [1.165, 1.54) is 0 Å². The van der Waals surface area contributed by atoms with Crippen LogP contribution < -0.4 is 11.1 Å². The summed E-state index contributed by atoms with van der Waals surface area (Å²) < 4.78 is 0. The highest BCUT2D eigenvalue weighted by Crippen LogP contribution is 2.14. The number of piperazine rings is 1. The van der Waals surface area contributed by atoms with Gasteiger partial charge in [-0.05, 0) is 17.7 Å². The summed E-state index contributed by atoms with van der Waals surface area (Å²) in [5, 5.41) is 12.4. The molecule has 0 aliphatic carbocycles. The number of nitrogens with one attached hydrogen (secondary N) is 1. The third-order valence-corrected chi connectivity index (χ3v) is 3.00. The smallest absolute Gasteiger partial charge is 0.236 e. The number of nitrogens with two attached hydrogens (primary N) is 1. The van der Waals surface area contributed by atoms with Gasteiger partial charge in [0.15, 0.2) is 0 Å². The van der Waals surface area contributed by atoms with E-state index in [1.807, 2.05) is 12.1 Å². The second-order valence-corrected chi connectivity index (χ2v) is 4.26. The molecule has 17 heavy (non-hydrogen) atoms. The Kier molecular flexibility index (Phi) is 3.61. The molecule has 2 rings (SSSR count). The molecule has 4 N–H and O–H groups in total. The van der Waals surface area contributed by atoms with Gasteiger partial charge in [0.25, 0.3) is 0 Å². The van der Waals surface area contributed by atoms with E-state index in [4.69, 9.17) is 5.73 Å². The summed E-state index contributed by atoms with van der Waals surface area (Å²) in [6.07, 6.45) is 0. The summed E-state index contributed by atoms with van der Waals surface area (Å²) >= 11 is 0. The summed E-state index contributed by atoms with van der Waals surface area (Å²) in [7, 11) is 0. The zero-order chi connectivity index (χ0) is 12.3. The van der Waals surface area contributed by atoms with Crippen molar-refractivity contribution in [2.24, 2.45) is 5.73 Å². The lowest BCUT2D eigenvalue weighted by atomic mass is 10.1. The average Bonchev–Trinajstić information content (AvgIpc) is 2.32. The Morgan fingerprint density at radius 2 is 2.18 bits per heavy atom. The van der Waals surface area contributed by atoms with E-state index in [0.717, 1.165) is 18.7 Å². The topological polar surface area (TPSA) is 78.6 Å². The Morgan fingerprint density at radius 1 is 1.47 bits per heavy atom. The highest BCUT2D eigenvalue weighted by atomic mass is 16.3. The number of nitrogens with zero attached hydrogens (tertiary/aromatic N) is 1. The first-order valence-corrected chi connectivity index (χ1v) is 5.69. The van der Waals surface area contributed by atoms with Crippen LogP contribution in [-0.4, -0.2) is 41.6 Å². The molecule has 1 heterocycles. The number of amides is 1. The van der Waals surface area contributed by atoms with E-state index >= 15 is 0 Å². The zero-order valence-corrected chi connectivity index (χ0v) is 9.60. The molecular formula is C12H17N3O2. The van der Waals surface area contributed by atoms with Gasteiger partial charge in [-0.25, -0.2) is 0 Å². The standard InChI is InChI=1S/C12H17N3O2/c13-12(17)11-7-14-5-6-15(11)8-9-1-3-10(16)4-2-9/h1-4,11,14,16H,5-8H2,(H2,13,17). The molecule has 0 bridgehead atoms. The third-order valence-electron chi connectivity index (χ3n) is 3.00. The molecular weight excluding hydrogens is 218 g/mol. The fourth-order valence-corrected chi connectivity index (χ4v) is 2.05. The molecule has 1 unspecified atom stereocenters. The van der Waals surface area contributed by atoms with E-state index in [2.05, 4.69) is 10.2 Å². The van der Waals surface area contributed by atoms with Gasteiger partial charge in [0.1, 0.15) is 11.8 Å². The Bertz CT molecular complexity index is 391. The molecule has 1 fully saturated rings. The monoisotopic (exact) mass is 235 g/mol. The molecule has 1 atom stereocenters. The van der Waals surface area contributed by atoms with Crippen LogP contribution in [0.15, 0.2) is 24.3 Å². The first-order chi connectivity index (χ1) is 8.16. The SMILES string of the molecule is NC(=O)C1CNCCN1Cc1ccc(O)cc1. The minimum atomic E-state index is -0.295. The maximum atomic E-state index is 11.3. The minimum absolute atomic E-state index is 0.250. The lowest BCUT2D eigenvalue weighted by Gasteiger charge is -2.34. The second-order valence-electron chi connectivity index (χ2n) is 4.26. The van der Waals surface area contributed by atoms with Gasteiger partial charge in [-0.2, -0.15) is 0 Å². The largest absolute Gasteiger partial charge is 0.508 e. The molecule has 92 valence electrons. The van der Waals surface area contributed by atoms with Crippen LogP contribution in [0.5, 0.6) is 5.75 Å². The summed E-state index contributed by atoms with van der Waals surface area (Å²) in [5.41, 5.74) is 6.44. The third kappa shape index (κ3) is 2.95. The van der Waals surface area contributed by atoms with Crippen LogP contribution in [0.4, 0.5) is 0 Å². The Hall–Kier alpha value is -1.59. The number of phenols is 1. The predicted octanol–water partition coefficient (Wildman–Crippen LogP) is -0.349. The van der Waals surface area contributed by atoms with E-state index in [9.17, 15) is 9.90 Å². The van der Waals surface area contributed by atoms with Crippen molar-refractivity contribution in [2.75, 3.05) is 19.6 Å². The lowest BCUT2D eigenvalue weighted by Crippen LogP contribution is -2.56. The molecule has 0 radical (unpaired) electrons. The Balaban J connectivity index is 2.05. The van der Waals surface area contributed by atoms with Gasteiger partial charge in [0, 0.05) is 26.2 Å². The van der Waals surface area contributed by atoms with Crippen LogP contribution in [0.3, 0.4) is 0 Å². The van der Waals surface area contributed by atoms with Gasteiger partial charge in [-0.3, -0.25) is 9.69 Å². The number of carbonyl (C=O) groups is 1. The highest BCUT2D eigenvalue weighted by Gasteiger charge is 2.26. The van der Waals surface area contributed by atoms with Gasteiger partial charge in [-0.15, -0.1) is 0 Å². The summed E-state index contributed by atoms with van der Waals surface area (Å²) in [5.74, 6) is -0.0449. The first kappa shape index (κ1) is 11.9. The average molecular weight is 235 g/mol. The first-order valence-electron chi connectivity index (χ1n) is 5.69. The summed E-state index contributed by atoms with van der Waals surface area (Å²) in [6.45, 7) is 2.94. The molecule has 1 saturated heterocycles. The number of carbonyl (C=O) groups excluding carboxylic acids is 1. The quantitative estimate of drug-likeness (QED) is 0.669. The molecule has 5 heteroatoms. The van der Waals surface area contributed by atoms with Crippen molar-refractivity contribution in [3.8, 4) is 5.75 Å². The van der Waals surface area contributed by atoms with E-state index < -0.39 is 0 Å². The van der Waals surface area contributed by atoms with Gasteiger partial charge >= 0.3 is 0 Å². The lowest BCUT2D eigenvalue weighted by molar-refractivity contribution is -0.124. The van der Waals surface area contributed by atoms with E-state index in [1.54, 1.807) is 12.1 Å². The fraction of sp³-hybridized carbons (Fsp3) is 0.417. The van der Waals surface area contributed by atoms with Crippen molar-refractivity contribution in [3.05, 3.63) is 29.8 Å². The normalized spacial score (nSPS) is 21.3. The van der Waals surface area contributed by atoms with Crippen molar-refractivity contribution in [1.82, 2.24) is 10.2 Å².